The van der Waals surface area contributed by atoms with E-state index in [1.165, 1.54) is 10.9 Å². The van der Waals surface area contributed by atoms with Gasteiger partial charge in [0.05, 0.1) is 19.0 Å². The van der Waals surface area contributed by atoms with Crippen LogP contribution in [0.3, 0.4) is 0 Å². The molecule has 3 rings (SSSR count). The van der Waals surface area contributed by atoms with Gasteiger partial charge in [0.2, 0.25) is 5.95 Å². The van der Waals surface area contributed by atoms with Crippen molar-refractivity contribution < 1.29 is 56.3 Å². The van der Waals surface area contributed by atoms with Crippen molar-refractivity contribution in [3.63, 3.8) is 0 Å². The van der Waals surface area contributed by atoms with E-state index in [2.05, 4.69) is 28.1 Å². The minimum atomic E-state index is -5.70. The molecule has 21 heteroatoms. The third kappa shape index (κ3) is 5.95. The number of aliphatic hydroxyl groups excluding tert-OH is 1. The molecular formula is C12H20N5O13P3. The number of imidazole rings is 1. The van der Waals surface area contributed by atoms with Gasteiger partial charge in [-0.05, 0) is 6.42 Å². The number of hydrogen-bond donors (Lipinski definition) is 7. The molecule has 1 aliphatic heterocycles. The van der Waals surface area contributed by atoms with Crippen LogP contribution >= 0.6 is 23.5 Å². The van der Waals surface area contributed by atoms with Crippen LogP contribution in [0.2, 0.25) is 0 Å². The molecule has 3 heterocycles. The lowest BCUT2D eigenvalue weighted by atomic mass is 9.95. The maximum Gasteiger partial charge on any atom is 0.490 e. The Balaban J connectivity index is 1.78. The number of ether oxygens (including phenoxy) is 1. The average Bonchev–Trinajstić information content (AvgIpc) is 3.18. The number of phosphoric acid groups is 3. The SMILES string of the molecule is CC[C@]1(COP(=O)(O)OP(=O)(O)OP(=O)(O)O)O[C@@H](n2cnc3c(=O)[nH]c(N)nc32)C[C@@H]1O. The Labute approximate surface area is 183 Å². The number of H-pyrrole nitrogens is 1. The van der Waals surface area contributed by atoms with Crippen LogP contribution in [0.5, 0.6) is 0 Å². The van der Waals surface area contributed by atoms with Crippen LogP contribution in [-0.2, 0) is 31.6 Å². The van der Waals surface area contributed by atoms with E-state index >= 15 is 0 Å². The van der Waals surface area contributed by atoms with Gasteiger partial charge in [-0.2, -0.15) is 13.6 Å². The molecule has 2 aromatic heterocycles. The first-order valence-corrected chi connectivity index (χ1v) is 13.4. The number of hydrogen-bond acceptors (Lipinski definition) is 12. The average molecular weight is 535 g/mol. The zero-order chi connectivity index (χ0) is 24.8. The highest BCUT2D eigenvalue weighted by Crippen LogP contribution is 2.66. The van der Waals surface area contributed by atoms with Crippen LogP contribution in [0, 0.1) is 0 Å². The van der Waals surface area contributed by atoms with Crippen LogP contribution in [0.1, 0.15) is 26.0 Å². The van der Waals surface area contributed by atoms with Crippen molar-refractivity contribution in [3.05, 3.63) is 16.7 Å². The van der Waals surface area contributed by atoms with Crippen LogP contribution < -0.4 is 11.3 Å². The maximum atomic E-state index is 12.0. The highest BCUT2D eigenvalue weighted by atomic mass is 31.3. The molecule has 186 valence electrons. The number of nitrogen functional groups attached to an aromatic ring is 1. The van der Waals surface area contributed by atoms with Gasteiger partial charge >= 0.3 is 23.5 Å². The van der Waals surface area contributed by atoms with Crippen LogP contribution in [0.4, 0.5) is 5.95 Å². The van der Waals surface area contributed by atoms with Gasteiger partial charge in [-0.3, -0.25) is 18.9 Å². The highest BCUT2D eigenvalue weighted by Gasteiger charge is 2.50. The smallest absolute Gasteiger partial charge is 0.390 e. The number of nitrogens with one attached hydrogen (secondary N) is 1. The summed E-state index contributed by atoms with van der Waals surface area (Å²) < 4.78 is 53.3. The van der Waals surface area contributed by atoms with Crippen molar-refractivity contribution in [2.24, 2.45) is 0 Å². The Morgan fingerprint density at radius 3 is 2.55 bits per heavy atom. The third-order valence-electron chi connectivity index (χ3n) is 4.65. The molecule has 2 unspecified atom stereocenters. The zero-order valence-electron chi connectivity index (χ0n) is 16.6. The number of nitrogens with two attached hydrogens (primary N) is 1. The lowest BCUT2D eigenvalue weighted by molar-refractivity contribution is -0.126. The Morgan fingerprint density at radius 1 is 1.27 bits per heavy atom. The summed E-state index contributed by atoms with van der Waals surface area (Å²) in [5.41, 5.74) is 3.30. The molecule has 8 N–H and O–H groups in total. The highest BCUT2D eigenvalue weighted by molar-refractivity contribution is 7.66. The Bertz CT molecular complexity index is 1240. The molecule has 0 aromatic carbocycles. The number of fused-ring (bicyclic) bond motifs is 1. The maximum absolute atomic E-state index is 12.0. The minimum Gasteiger partial charge on any atom is -0.390 e. The van der Waals surface area contributed by atoms with Crippen molar-refractivity contribution in [3.8, 4) is 0 Å². The molecular weight excluding hydrogens is 515 g/mol. The van der Waals surface area contributed by atoms with E-state index in [-0.39, 0.29) is 30.0 Å². The summed E-state index contributed by atoms with van der Waals surface area (Å²) in [5, 5.41) is 10.6. The fourth-order valence-corrected chi connectivity index (χ4v) is 6.25. The number of anilines is 1. The van der Waals surface area contributed by atoms with Gasteiger partial charge in [-0.25, -0.2) is 18.7 Å². The van der Waals surface area contributed by atoms with E-state index in [1.807, 2.05) is 0 Å². The molecule has 1 aliphatic rings. The second kappa shape index (κ2) is 8.92. The summed E-state index contributed by atoms with van der Waals surface area (Å²) >= 11 is 0. The van der Waals surface area contributed by atoms with E-state index in [0.717, 1.165) is 0 Å². The van der Waals surface area contributed by atoms with Crippen LogP contribution in [0.25, 0.3) is 11.2 Å². The summed E-state index contributed by atoms with van der Waals surface area (Å²) in [4.78, 5) is 58.2. The molecule has 5 atom stereocenters. The minimum absolute atomic E-state index is 0.00319. The number of aromatic nitrogens is 4. The molecule has 0 saturated carbocycles. The Kier molecular flexibility index (Phi) is 7.06. The lowest BCUT2D eigenvalue weighted by Gasteiger charge is -2.31. The Morgan fingerprint density at radius 2 is 1.94 bits per heavy atom. The van der Waals surface area contributed by atoms with E-state index in [1.54, 1.807) is 6.92 Å². The van der Waals surface area contributed by atoms with Crippen molar-refractivity contribution >= 4 is 40.6 Å². The summed E-state index contributed by atoms with van der Waals surface area (Å²) in [7, 11) is -16.7. The summed E-state index contributed by atoms with van der Waals surface area (Å²) in [6.45, 7) is 0.687. The second-order valence-electron chi connectivity index (χ2n) is 6.88. The predicted molar refractivity (Wildman–Crippen MR) is 106 cm³/mol. The quantitative estimate of drug-likeness (QED) is 0.199. The molecule has 2 aromatic rings. The van der Waals surface area contributed by atoms with Gasteiger partial charge in [0, 0.05) is 6.42 Å². The van der Waals surface area contributed by atoms with E-state index in [9.17, 15) is 33.4 Å². The monoisotopic (exact) mass is 535 g/mol. The standard InChI is InChI=1S/C12H20N5O13P3/c1-2-12(4-27-32(23,24)30-33(25,26)29-31(20,21)22)6(18)3-7(28-12)17-5-14-8-9(17)15-11(13)16-10(8)19/h5-7,18H,2-4H2,1H3,(H,23,24)(H,25,26)(H2,20,21,22)(H3,13,15,16,19)/t6-,7+,12+/m0/s1. The third-order valence-corrected chi connectivity index (χ3v) is 8.43. The molecule has 0 aliphatic carbocycles. The van der Waals surface area contributed by atoms with E-state index in [0.29, 0.717) is 0 Å². The van der Waals surface area contributed by atoms with Crippen molar-refractivity contribution in [2.75, 3.05) is 12.3 Å². The van der Waals surface area contributed by atoms with Gasteiger partial charge in [0.1, 0.15) is 11.8 Å². The topological polar surface area (TPSA) is 279 Å². The first-order valence-electron chi connectivity index (χ1n) is 8.93. The molecule has 33 heavy (non-hydrogen) atoms. The number of rotatable bonds is 9. The summed E-state index contributed by atoms with van der Waals surface area (Å²) in [5.74, 6) is -0.192. The first-order chi connectivity index (χ1) is 15.1. The number of phosphoric ester groups is 1. The lowest BCUT2D eigenvalue weighted by Crippen LogP contribution is -2.43. The van der Waals surface area contributed by atoms with Crippen molar-refractivity contribution in [1.82, 2.24) is 19.5 Å². The Hall–Kier alpha value is -1.52. The van der Waals surface area contributed by atoms with Gasteiger partial charge in [-0.15, -0.1) is 0 Å². The molecule has 18 nitrogen and oxygen atoms in total. The van der Waals surface area contributed by atoms with Gasteiger partial charge in [0.15, 0.2) is 11.2 Å². The first kappa shape index (κ1) is 26.1. The van der Waals surface area contributed by atoms with Gasteiger partial charge in [0.25, 0.3) is 5.56 Å². The zero-order valence-corrected chi connectivity index (χ0v) is 19.3. The number of aromatic amines is 1. The molecule has 0 spiro atoms. The number of nitrogens with zero attached hydrogens (tertiary/aromatic N) is 3. The number of aliphatic hydroxyl groups is 1. The van der Waals surface area contributed by atoms with E-state index < -0.39 is 53.6 Å². The molecule has 0 bridgehead atoms. The largest absolute Gasteiger partial charge is 0.490 e. The van der Waals surface area contributed by atoms with Crippen molar-refractivity contribution in [1.29, 1.82) is 0 Å². The molecule has 0 radical (unpaired) electrons. The van der Waals surface area contributed by atoms with Gasteiger partial charge in [-0.1, -0.05) is 6.92 Å². The van der Waals surface area contributed by atoms with Gasteiger partial charge < -0.3 is 35.2 Å². The van der Waals surface area contributed by atoms with Crippen LogP contribution in [0.15, 0.2) is 11.1 Å². The fourth-order valence-electron chi connectivity index (χ4n) is 3.17. The fraction of sp³-hybridized carbons (Fsp3) is 0.583. The van der Waals surface area contributed by atoms with Crippen LogP contribution in [-0.4, -0.2) is 62.5 Å². The normalized spacial score (nSPS) is 27.5. The molecule has 0 amide bonds. The van der Waals surface area contributed by atoms with E-state index in [4.69, 9.17) is 20.3 Å². The summed E-state index contributed by atoms with van der Waals surface area (Å²) in [6.07, 6.45) is -1.16. The van der Waals surface area contributed by atoms with Crippen molar-refractivity contribution in [2.45, 2.75) is 37.7 Å². The predicted octanol–water partition coefficient (Wildman–Crippen LogP) is -0.526. The summed E-state index contributed by atoms with van der Waals surface area (Å²) in [6, 6.07) is 0. The molecule has 1 fully saturated rings. The molecule has 1 saturated heterocycles. The second-order valence-corrected chi connectivity index (χ2v) is 11.3.